The summed E-state index contributed by atoms with van der Waals surface area (Å²) in [5.41, 5.74) is 3.77. The van der Waals surface area contributed by atoms with Crippen LogP contribution in [-0.2, 0) is 4.79 Å². The van der Waals surface area contributed by atoms with Gasteiger partial charge in [-0.15, -0.1) is 5.10 Å². The number of benzene rings is 1. The molecule has 23 heavy (non-hydrogen) atoms. The number of aromatic nitrogens is 3. The first-order valence-electron chi connectivity index (χ1n) is 7.40. The van der Waals surface area contributed by atoms with Crippen LogP contribution in [0.15, 0.2) is 18.2 Å². The van der Waals surface area contributed by atoms with Crippen LogP contribution in [0.5, 0.6) is 0 Å². The van der Waals surface area contributed by atoms with Crippen LogP contribution in [0.3, 0.4) is 0 Å². The Hall–Kier alpha value is -2.70. The van der Waals surface area contributed by atoms with Gasteiger partial charge in [0.05, 0.1) is 11.4 Å². The molecule has 1 heterocycles. The van der Waals surface area contributed by atoms with Gasteiger partial charge < -0.3 is 10.4 Å². The number of carboxylic acid groups (broad SMARTS) is 1. The summed E-state index contributed by atoms with van der Waals surface area (Å²) in [4.78, 5) is 24.0. The third-order valence-corrected chi connectivity index (χ3v) is 3.42. The molecule has 0 radical (unpaired) electrons. The van der Waals surface area contributed by atoms with Crippen molar-refractivity contribution in [2.75, 3.05) is 6.54 Å². The van der Waals surface area contributed by atoms with Crippen LogP contribution in [0.1, 0.15) is 40.2 Å². The van der Waals surface area contributed by atoms with Crippen LogP contribution in [0.4, 0.5) is 0 Å². The molecule has 0 fully saturated rings. The van der Waals surface area contributed by atoms with E-state index in [9.17, 15) is 9.59 Å². The van der Waals surface area contributed by atoms with E-state index in [0.29, 0.717) is 18.7 Å². The Kier molecular flexibility index (Phi) is 5.10. The van der Waals surface area contributed by atoms with E-state index in [2.05, 4.69) is 15.5 Å². The number of hydrogen-bond acceptors (Lipinski definition) is 4. The number of carbonyl (C=O) groups excluding carboxylic acids is 1. The normalized spacial score (nSPS) is 10.6. The molecule has 7 nitrogen and oxygen atoms in total. The highest BCUT2D eigenvalue weighted by molar-refractivity contribution is 5.93. The smallest absolute Gasteiger partial charge is 0.303 e. The maximum atomic E-state index is 12.1. The molecule has 0 bridgehead atoms. The van der Waals surface area contributed by atoms with E-state index < -0.39 is 5.97 Å². The largest absolute Gasteiger partial charge is 0.481 e. The van der Waals surface area contributed by atoms with Gasteiger partial charge in [0.25, 0.3) is 5.91 Å². The maximum Gasteiger partial charge on any atom is 0.303 e. The lowest BCUT2D eigenvalue weighted by Gasteiger charge is -2.05. The van der Waals surface area contributed by atoms with Crippen LogP contribution < -0.4 is 5.32 Å². The predicted octanol–water partition coefficient (Wildman–Crippen LogP) is 1.79. The molecule has 0 atom stereocenters. The van der Waals surface area contributed by atoms with Crippen molar-refractivity contribution in [2.24, 2.45) is 0 Å². The van der Waals surface area contributed by atoms with Gasteiger partial charge >= 0.3 is 5.97 Å². The summed E-state index contributed by atoms with van der Waals surface area (Å²) in [6.07, 6.45) is 0.403. The molecular formula is C16H20N4O3. The summed E-state index contributed by atoms with van der Waals surface area (Å²) in [7, 11) is 0. The average molecular weight is 316 g/mol. The zero-order valence-corrected chi connectivity index (χ0v) is 13.5. The van der Waals surface area contributed by atoms with Crippen molar-refractivity contribution < 1.29 is 14.7 Å². The summed E-state index contributed by atoms with van der Waals surface area (Å²) in [5, 5.41) is 19.8. The van der Waals surface area contributed by atoms with Crippen molar-refractivity contribution in [1.82, 2.24) is 20.3 Å². The van der Waals surface area contributed by atoms with Crippen molar-refractivity contribution in [3.63, 3.8) is 0 Å². The van der Waals surface area contributed by atoms with E-state index >= 15 is 0 Å². The number of rotatable bonds is 6. The number of aryl methyl sites for hydroxylation is 3. The number of carboxylic acids is 1. The van der Waals surface area contributed by atoms with E-state index in [1.165, 1.54) is 4.80 Å². The summed E-state index contributed by atoms with van der Waals surface area (Å²) in [6, 6.07) is 5.91. The van der Waals surface area contributed by atoms with Crippen LogP contribution in [-0.4, -0.2) is 38.5 Å². The van der Waals surface area contributed by atoms with Gasteiger partial charge in [0.15, 0.2) is 5.69 Å². The van der Waals surface area contributed by atoms with E-state index in [0.717, 1.165) is 16.8 Å². The molecule has 122 valence electrons. The fraction of sp³-hybridized carbons (Fsp3) is 0.375. The number of nitrogens with one attached hydrogen (secondary N) is 1. The highest BCUT2D eigenvalue weighted by Crippen LogP contribution is 2.15. The van der Waals surface area contributed by atoms with Gasteiger partial charge in [0.1, 0.15) is 0 Å². The predicted molar refractivity (Wildman–Crippen MR) is 84.8 cm³/mol. The highest BCUT2D eigenvalue weighted by atomic mass is 16.4. The molecule has 1 aromatic heterocycles. The molecule has 2 rings (SSSR count). The van der Waals surface area contributed by atoms with Gasteiger partial charge in [-0.25, -0.2) is 0 Å². The fourth-order valence-corrected chi connectivity index (χ4v) is 2.25. The SMILES string of the molecule is Cc1ccc(-n2nc(C)c(C(=O)NCCCC(=O)O)n2)c(C)c1. The van der Waals surface area contributed by atoms with Gasteiger partial charge in [-0.2, -0.15) is 9.90 Å². The molecule has 0 spiro atoms. The minimum atomic E-state index is -0.878. The number of aliphatic carboxylic acids is 1. The van der Waals surface area contributed by atoms with Gasteiger partial charge in [0, 0.05) is 13.0 Å². The van der Waals surface area contributed by atoms with Crippen molar-refractivity contribution >= 4 is 11.9 Å². The first-order valence-corrected chi connectivity index (χ1v) is 7.40. The van der Waals surface area contributed by atoms with E-state index in [-0.39, 0.29) is 18.0 Å². The molecule has 1 amide bonds. The van der Waals surface area contributed by atoms with E-state index in [1.807, 2.05) is 32.0 Å². The highest BCUT2D eigenvalue weighted by Gasteiger charge is 2.16. The quantitative estimate of drug-likeness (QED) is 0.792. The Morgan fingerprint density at radius 2 is 1.96 bits per heavy atom. The number of carbonyl (C=O) groups is 2. The fourth-order valence-electron chi connectivity index (χ4n) is 2.25. The Morgan fingerprint density at radius 1 is 1.22 bits per heavy atom. The standard InChI is InChI=1S/C16H20N4O3/c1-10-6-7-13(11(2)9-10)20-18-12(3)15(19-20)16(23)17-8-4-5-14(21)22/h6-7,9H,4-5,8H2,1-3H3,(H,17,23)(H,21,22). The molecule has 0 unspecified atom stereocenters. The second kappa shape index (κ2) is 7.04. The summed E-state index contributed by atoms with van der Waals surface area (Å²) >= 11 is 0. The van der Waals surface area contributed by atoms with Crippen LogP contribution in [0.2, 0.25) is 0 Å². The summed E-state index contributed by atoms with van der Waals surface area (Å²) in [6.45, 7) is 5.99. The number of hydrogen-bond donors (Lipinski definition) is 2. The second-order valence-corrected chi connectivity index (χ2v) is 5.47. The number of amides is 1. The van der Waals surface area contributed by atoms with Crippen molar-refractivity contribution in [2.45, 2.75) is 33.6 Å². The van der Waals surface area contributed by atoms with Gasteiger partial charge in [0.2, 0.25) is 0 Å². The Morgan fingerprint density at radius 3 is 2.61 bits per heavy atom. The topological polar surface area (TPSA) is 97.1 Å². The Balaban J connectivity index is 2.11. The molecule has 0 saturated heterocycles. The first-order chi connectivity index (χ1) is 10.9. The molecule has 2 aromatic rings. The molecule has 0 aliphatic rings. The van der Waals surface area contributed by atoms with Crippen molar-refractivity contribution in [1.29, 1.82) is 0 Å². The zero-order chi connectivity index (χ0) is 17.0. The van der Waals surface area contributed by atoms with Crippen LogP contribution >= 0.6 is 0 Å². The van der Waals surface area contributed by atoms with E-state index in [4.69, 9.17) is 5.11 Å². The minimum Gasteiger partial charge on any atom is -0.481 e. The van der Waals surface area contributed by atoms with Crippen LogP contribution in [0.25, 0.3) is 5.69 Å². The summed E-state index contributed by atoms with van der Waals surface area (Å²) in [5.74, 6) is -1.22. The molecule has 7 heteroatoms. The Labute approximate surface area is 134 Å². The third kappa shape index (κ3) is 4.15. The van der Waals surface area contributed by atoms with Crippen molar-refractivity contribution in [3.05, 3.63) is 40.7 Å². The average Bonchev–Trinajstić information content (AvgIpc) is 2.85. The maximum absolute atomic E-state index is 12.1. The molecule has 0 aliphatic carbocycles. The lowest BCUT2D eigenvalue weighted by atomic mass is 10.1. The van der Waals surface area contributed by atoms with Gasteiger partial charge in [-0.3, -0.25) is 9.59 Å². The lowest BCUT2D eigenvalue weighted by molar-refractivity contribution is -0.137. The first kappa shape index (κ1) is 16.7. The van der Waals surface area contributed by atoms with Crippen molar-refractivity contribution in [3.8, 4) is 5.69 Å². The third-order valence-electron chi connectivity index (χ3n) is 3.42. The van der Waals surface area contributed by atoms with Gasteiger partial charge in [-0.1, -0.05) is 17.7 Å². The summed E-state index contributed by atoms with van der Waals surface area (Å²) < 4.78 is 0. The minimum absolute atomic E-state index is 0.0223. The van der Waals surface area contributed by atoms with E-state index in [1.54, 1.807) is 6.92 Å². The Bertz CT molecular complexity index is 737. The zero-order valence-electron chi connectivity index (χ0n) is 13.5. The molecule has 1 aromatic carbocycles. The van der Waals surface area contributed by atoms with Gasteiger partial charge in [-0.05, 0) is 38.8 Å². The molecule has 0 saturated carbocycles. The second-order valence-electron chi connectivity index (χ2n) is 5.47. The molecule has 2 N–H and O–H groups in total. The molecular weight excluding hydrogens is 296 g/mol. The monoisotopic (exact) mass is 316 g/mol. The molecule has 0 aliphatic heterocycles. The lowest BCUT2D eigenvalue weighted by Crippen LogP contribution is -2.26. The number of nitrogens with zero attached hydrogens (tertiary/aromatic N) is 3. The van der Waals surface area contributed by atoms with Crippen LogP contribution in [0, 0.1) is 20.8 Å².